The van der Waals surface area contributed by atoms with Crippen LogP contribution >= 0.6 is 0 Å². The molecule has 0 fully saturated rings. The Morgan fingerprint density at radius 2 is 1.09 bits per heavy atom. The van der Waals surface area contributed by atoms with Gasteiger partial charge in [-0.1, -0.05) is 13.8 Å². The van der Waals surface area contributed by atoms with E-state index in [0.717, 1.165) is 0 Å². The lowest BCUT2D eigenvalue weighted by Crippen LogP contribution is -2.59. The van der Waals surface area contributed by atoms with Gasteiger partial charge in [-0.25, -0.2) is 4.79 Å². The molecule has 0 spiro atoms. The predicted octanol–water partition coefficient (Wildman–Crippen LogP) is -3.36. The van der Waals surface area contributed by atoms with Crippen LogP contribution in [0.5, 0.6) is 0 Å². The van der Waals surface area contributed by atoms with Crippen LogP contribution in [0.25, 0.3) is 0 Å². The zero-order chi connectivity index (χ0) is 35.6. The number of nitrogens with zero attached hydrogens (tertiary/aromatic N) is 1. The van der Waals surface area contributed by atoms with Crippen molar-refractivity contribution in [1.82, 2.24) is 21.3 Å². The molecule has 0 saturated carbocycles. The molecule has 14 N–H and O–H groups in total. The zero-order valence-corrected chi connectivity index (χ0v) is 25.6. The van der Waals surface area contributed by atoms with Crippen molar-refractivity contribution in [2.45, 2.75) is 95.4 Å². The molecule has 5 atom stereocenters. The molecular formula is C26H44N8O12. The smallest absolute Gasteiger partial charge is 0.326 e. The lowest BCUT2D eigenvalue weighted by molar-refractivity contribution is -0.144. The summed E-state index contributed by atoms with van der Waals surface area (Å²) in [4.78, 5) is 101. The number of carboxylic acids is 4. The number of hydrogen-bond donors (Lipinski definition) is 11. The molecule has 0 bridgehead atoms. The van der Waals surface area contributed by atoms with E-state index in [1.165, 1.54) is 0 Å². The molecule has 0 saturated heterocycles. The summed E-state index contributed by atoms with van der Waals surface area (Å²) in [7, 11) is 0. The van der Waals surface area contributed by atoms with E-state index < -0.39 is 103 Å². The number of carbonyl (C=O) groups is 8. The van der Waals surface area contributed by atoms with Crippen molar-refractivity contribution in [3.05, 3.63) is 0 Å². The lowest BCUT2D eigenvalue weighted by Gasteiger charge is -2.26. The minimum atomic E-state index is -1.85. The maximum atomic E-state index is 13.2. The Kier molecular flexibility index (Phi) is 18.6. The first kappa shape index (κ1) is 41.0. The second-order valence-corrected chi connectivity index (χ2v) is 10.7. The quantitative estimate of drug-likeness (QED) is 0.0289. The third-order valence-electron chi connectivity index (χ3n) is 6.20. The molecule has 0 aliphatic carbocycles. The van der Waals surface area contributed by atoms with Crippen molar-refractivity contribution in [1.29, 1.82) is 0 Å². The molecule has 0 rings (SSSR count). The van der Waals surface area contributed by atoms with Gasteiger partial charge in [-0.3, -0.25) is 38.6 Å². The predicted molar refractivity (Wildman–Crippen MR) is 159 cm³/mol. The minimum absolute atomic E-state index is 0.00856. The van der Waals surface area contributed by atoms with E-state index in [1.807, 2.05) is 0 Å². The standard InChI is InChI=1S/C26H44N8O12/c1-12(2)10-17(25(45)46)34-23(43)15(6-8-19(37)38)32-24(44)16(11-20(39)40)33-22(42)14(4-3-9-30-26(28)29)31-21(41)13(27)5-7-18(35)36/h12-17H,3-11,27H2,1-2H3,(H,31,41)(H,32,44)(H,33,42)(H,34,43)(H,35,36)(H,37,38)(H,39,40)(H,45,46)(H4,28,29,30)/t13-,14-,15-,16-,17-/m0/s1. The monoisotopic (exact) mass is 660 g/mol. The highest BCUT2D eigenvalue weighted by atomic mass is 16.4. The third-order valence-corrected chi connectivity index (χ3v) is 6.20. The van der Waals surface area contributed by atoms with Gasteiger partial charge < -0.3 is 58.9 Å². The van der Waals surface area contributed by atoms with E-state index in [0.29, 0.717) is 0 Å². The first-order valence-corrected chi connectivity index (χ1v) is 14.2. The number of amides is 4. The molecular weight excluding hydrogens is 616 g/mol. The molecule has 4 amide bonds. The average molecular weight is 661 g/mol. The van der Waals surface area contributed by atoms with Gasteiger partial charge in [0, 0.05) is 19.4 Å². The zero-order valence-electron chi connectivity index (χ0n) is 25.6. The summed E-state index contributed by atoms with van der Waals surface area (Å²) in [6.07, 6.45) is -2.90. The van der Waals surface area contributed by atoms with E-state index in [-0.39, 0.29) is 44.1 Å². The summed E-state index contributed by atoms with van der Waals surface area (Å²) >= 11 is 0. The van der Waals surface area contributed by atoms with Gasteiger partial charge in [0.25, 0.3) is 0 Å². The molecule has 20 nitrogen and oxygen atoms in total. The van der Waals surface area contributed by atoms with Gasteiger partial charge in [0.2, 0.25) is 23.6 Å². The highest BCUT2D eigenvalue weighted by Gasteiger charge is 2.33. The van der Waals surface area contributed by atoms with Crippen LogP contribution in [0.2, 0.25) is 0 Å². The van der Waals surface area contributed by atoms with Crippen LogP contribution < -0.4 is 38.5 Å². The number of rotatable bonds is 23. The summed E-state index contributed by atoms with van der Waals surface area (Å²) in [6, 6.07) is -7.63. The Morgan fingerprint density at radius 3 is 1.57 bits per heavy atom. The van der Waals surface area contributed by atoms with Gasteiger partial charge in [0.1, 0.15) is 24.2 Å². The fourth-order valence-corrected chi connectivity index (χ4v) is 3.89. The van der Waals surface area contributed by atoms with Crippen molar-refractivity contribution in [2.75, 3.05) is 6.54 Å². The molecule has 46 heavy (non-hydrogen) atoms. The lowest BCUT2D eigenvalue weighted by atomic mass is 10.0. The third kappa shape index (κ3) is 18.0. The number of guanidine groups is 1. The number of aliphatic carboxylic acids is 4. The topological polar surface area (TPSA) is 356 Å². The van der Waals surface area contributed by atoms with Gasteiger partial charge in [-0.05, 0) is 38.0 Å². The summed E-state index contributed by atoms with van der Waals surface area (Å²) in [5, 5.41) is 45.7. The second-order valence-electron chi connectivity index (χ2n) is 10.7. The molecule has 0 unspecified atom stereocenters. The fraction of sp³-hybridized carbons (Fsp3) is 0.654. The highest BCUT2D eigenvalue weighted by molar-refractivity contribution is 5.97. The van der Waals surface area contributed by atoms with Crippen molar-refractivity contribution >= 4 is 53.5 Å². The Bertz CT molecular complexity index is 1140. The van der Waals surface area contributed by atoms with Gasteiger partial charge >= 0.3 is 23.9 Å². The fourth-order valence-electron chi connectivity index (χ4n) is 3.89. The van der Waals surface area contributed by atoms with Crippen LogP contribution in [0, 0.1) is 5.92 Å². The van der Waals surface area contributed by atoms with Gasteiger partial charge in [-0.2, -0.15) is 0 Å². The van der Waals surface area contributed by atoms with Crippen LogP contribution in [-0.2, 0) is 38.4 Å². The van der Waals surface area contributed by atoms with Crippen LogP contribution in [0.4, 0.5) is 0 Å². The maximum Gasteiger partial charge on any atom is 0.326 e. The van der Waals surface area contributed by atoms with E-state index in [2.05, 4.69) is 26.3 Å². The van der Waals surface area contributed by atoms with Crippen LogP contribution in [0.15, 0.2) is 4.99 Å². The van der Waals surface area contributed by atoms with Crippen LogP contribution in [0.1, 0.15) is 65.2 Å². The maximum absolute atomic E-state index is 13.2. The Hall–Kier alpha value is -5.01. The minimum Gasteiger partial charge on any atom is -0.481 e. The number of aliphatic imine (C=N–C) groups is 1. The molecule has 0 aliphatic rings. The van der Waals surface area contributed by atoms with Crippen molar-refractivity contribution in [2.24, 2.45) is 28.1 Å². The number of carboxylic acid groups (broad SMARTS) is 4. The largest absolute Gasteiger partial charge is 0.481 e. The Balaban J connectivity index is 6.05. The molecule has 0 aromatic rings. The average Bonchev–Trinajstić information content (AvgIpc) is 2.93. The summed E-state index contributed by atoms with van der Waals surface area (Å²) in [6.45, 7) is 3.41. The van der Waals surface area contributed by atoms with E-state index in [4.69, 9.17) is 27.4 Å². The van der Waals surface area contributed by atoms with Crippen LogP contribution in [-0.4, -0.2) is 111 Å². The molecule has 0 radical (unpaired) electrons. The SMILES string of the molecule is CC(C)C[C@H](NC(=O)[C@H](CCC(=O)O)NC(=O)[C@H](CC(=O)O)NC(=O)[C@H](CCCN=C(N)N)NC(=O)[C@@H](N)CCC(=O)O)C(=O)O. The molecule has 0 aromatic carbocycles. The number of nitrogens with one attached hydrogen (secondary N) is 4. The van der Waals surface area contributed by atoms with Crippen molar-refractivity contribution in [3.63, 3.8) is 0 Å². The second kappa shape index (κ2) is 20.9. The normalized spacial score (nSPS) is 14.0. The van der Waals surface area contributed by atoms with Crippen molar-refractivity contribution in [3.8, 4) is 0 Å². The van der Waals surface area contributed by atoms with E-state index >= 15 is 0 Å². The molecule has 0 heterocycles. The first-order valence-electron chi connectivity index (χ1n) is 14.2. The Labute approximate surface area is 263 Å². The summed E-state index contributed by atoms with van der Waals surface area (Å²) in [5.74, 6) is -10.2. The first-order chi connectivity index (χ1) is 21.3. The highest BCUT2D eigenvalue weighted by Crippen LogP contribution is 2.08. The molecule has 0 aliphatic heterocycles. The summed E-state index contributed by atoms with van der Waals surface area (Å²) in [5.41, 5.74) is 16.3. The Morgan fingerprint density at radius 1 is 0.630 bits per heavy atom. The van der Waals surface area contributed by atoms with Crippen LogP contribution in [0.3, 0.4) is 0 Å². The van der Waals surface area contributed by atoms with Crippen molar-refractivity contribution < 1.29 is 58.8 Å². The number of hydrogen-bond acceptors (Lipinski definition) is 10. The van der Waals surface area contributed by atoms with Gasteiger partial charge in [0.15, 0.2) is 5.96 Å². The molecule has 0 aromatic heterocycles. The van der Waals surface area contributed by atoms with E-state index in [1.54, 1.807) is 13.8 Å². The van der Waals surface area contributed by atoms with E-state index in [9.17, 15) is 48.6 Å². The number of carbonyl (C=O) groups excluding carboxylic acids is 4. The van der Waals surface area contributed by atoms with Gasteiger partial charge in [0.05, 0.1) is 12.5 Å². The summed E-state index contributed by atoms with van der Waals surface area (Å²) < 4.78 is 0. The molecule has 20 heteroatoms. The number of nitrogens with two attached hydrogens (primary N) is 3. The molecule has 260 valence electrons. The van der Waals surface area contributed by atoms with Gasteiger partial charge in [-0.15, -0.1) is 0 Å².